The maximum absolute atomic E-state index is 12.2. The zero-order valence-electron chi connectivity index (χ0n) is 11.3. The number of hydrogen-bond acceptors (Lipinski definition) is 3. The lowest BCUT2D eigenvalue weighted by atomic mass is 10.2. The van der Waals surface area contributed by atoms with E-state index in [0.29, 0.717) is 17.9 Å². The van der Waals surface area contributed by atoms with Crippen molar-refractivity contribution in [2.45, 2.75) is 6.92 Å². The molecule has 2 rings (SSSR count). The Kier molecular flexibility index (Phi) is 5.15. The van der Waals surface area contributed by atoms with E-state index in [0.717, 1.165) is 5.69 Å². The first-order valence-corrected chi connectivity index (χ1v) is 6.47. The molecule has 2 aromatic carbocycles. The van der Waals surface area contributed by atoms with Crippen LogP contribution in [0.1, 0.15) is 17.3 Å². The summed E-state index contributed by atoms with van der Waals surface area (Å²) in [7, 11) is 0. The molecule has 1 N–H and O–H groups in total. The molecule has 2 aromatic rings. The molecule has 0 saturated carbocycles. The van der Waals surface area contributed by atoms with Gasteiger partial charge in [-0.25, -0.2) is 0 Å². The van der Waals surface area contributed by atoms with Crippen molar-refractivity contribution >= 4 is 11.6 Å². The standard InChI is InChI=1S/C16H17NO3/c1-2-19-12-20-15-11-7-6-10-14(15)16(18)17-13-8-4-3-5-9-13/h3-11H,2,12H2,1H3,(H,17,18). The quantitative estimate of drug-likeness (QED) is 0.647. The lowest BCUT2D eigenvalue weighted by Crippen LogP contribution is -2.14. The second kappa shape index (κ2) is 7.31. The molecule has 0 fully saturated rings. The highest BCUT2D eigenvalue weighted by atomic mass is 16.7. The lowest BCUT2D eigenvalue weighted by molar-refractivity contribution is 0.0219. The molecule has 0 saturated heterocycles. The topological polar surface area (TPSA) is 47.6 Å². The molecule has 0 aliphatic carbocycles. The van der Waals surface area contributed by atoms with Gasteiger partial charge in [0.25, 0.3) is 5.91 Å². The number of hydrogen-bond donors (Lipinski definition) is 1. The summed E-state index contributed by atoms with van der Waals surface area (Å²) in [5.41, 5.74) is 1.23. The number of rotatable bonds is 6. The number of para-hydroxylation sites is 2. The molecular weight excluding hydrogens is 254 g/mol. The summed E-state index contributed by atoms with van der Waals surface area (Å²) in [6.45, 7) is 2.59. The lowest BCUT2D eigenvalue weighted by Gasteiger charge is -2.11. The number of ether oxygens (including phenoxy) is 2. The van der Waals surface area contributed by atoms with E-state index in [4.69, 9.17) is 9.47 Å². The predicted molar refractivity (Wildman–Crippen MR) is 78.0 cm³/mol. The Morgan fingerprint density at radius 2 is 1.75 bits per heavy atom. The first-order valence-electron chi connectivity index (χ1n) is 6.47. The second-order valence-electron chi connectivity index (χ2n) is 4.07. The second-order valence-corrected chi connectivity index (χ2v) is 4.07. The van der Waals surface area contributed by atoms with Gasteiger partial charge in [-0.1, -0.05) is 30.3 Å². The van der Waals surface area contributed by atoms with E-state index in [1.165, 1.54) is 0 Å². The minimum Gasteiger partial charge on any atom is -0.467 e. The molecule has 0 atom stereocenters. The Morgan fingerprint density at radius 1 is 1.05 bits per heavy atom. The predicted octanol–water partition coefficient (Wildman–Crippen LogP) is 3.31. The van der Waals surface area contributed by atoms with E-state index < -0.39 is 0 Å². The minimum absolute atomic E-state index is 0.131. The van der Waals surface area contributed by atoms with Crippen molar-refractivity contribution in [2.24, 2.45) is 0 Å². The van der Waals surface area contributed by atoms with E-state index in [-0.39, 0.29) is 12.7 Å². The summed E-state index contributed by atoms with van der Waals surface area (Å²) in [5, 5.41) is 2.83. The van der Waals surface area contributed by atoms with Gasteiger partial charge in [-0.3, -0.25) is 4.79 Å². The Morgan fingerprint density at radius 3 is 2.50 bits per heavy atom. The third kappa shape index (κ3) is 3.83. The molecule has 4 nitrogen and oxygen atoms in total. The first-order chi connectivity index (χ1) is 9.81. The molecule has 20 heavy (non-hydrogen) atoms. The van der Waals surface area contributed by atoms with E-state index in [1.54, 1.807) is 18.2 Å². The molecule has 0 radical (unpaired) electrons. The third-order valence-corrected chi connectivity index (χ3v) is 2.67. The normalized spacial score (nSPS) is 10.1. The zero-order valence-corrected chi connectivity index (χ0v) is 11.3. The number of anilines is 1. The molecule has 0 spiro atoms. The molecule has 0 aromatic heterocycles. The summed E-state index contributed by atoms with van der Waals surface area (Å²) in [6.07, 6.45) is 0. The van der Waals surface area contributed by atoms with Crippen molar-refractivity contribution < 1.29 is 14.3 Å². The van der Waals surface area contributed by atoms with Gasteiger partial charge >= 0.3 is 0 Å². The van der Waals surface area contributed by atoms with Gasteiger partial charge in [0.2, 0.25) is 0 Å². The molecule has 0 aliphatic rings. The van der Waals surface area contributed by atoms with Crippen LogP contribution >= 0.6 is 0 Å². The largest absolute Gasteiger partial charge is 0.467 e. The van der Waals surface area contributed by atoms with E-state index in [9.17, 15) is 4.79 Å². The molecule has 4 heteroatoms. The summed E-state index contributed by atoms with van der Waals surface area (Å²) in [4.78, 5) is 12.2. The number of carbonyl (C=O) groups is 1. The van der Waals surface area contributed by atoms with Crippen LogP contribution in [0.5, 0.6) is 5.75 Å². The highest BCUT2D eigenvalue weighted by molar-refractivity contribution is 6.06. The zero-order chi connectivity index (χ0) is 14.2. The first kappa shape index (κ1) is 14.1. The van der Waals surface area contributed by atoms with Crippen LogP contribution in [0.3, 0.4) is 0 Å². The van der Waals surface area contributed by atoms with Crippen molar-refractivity contribution in [1.82, 2.24) is 0 Å². The van der Waals surface area contributed by atoms with Gasteiger partial charge in [-0.15, -0.1) is 0 Å². The highest BCUT2D eigenvalue weighted by Crippen LogP contribution is 2.19. The van der Waals surface area contributed by atoms with Gasteiger partial charge in [0, 0.05) is 12.3 Å². The molecule has 1 amide bonds. The smallest absolute Gasteiger partial charge is 0.259 e. The maximum Gasteiger partial charge on any atom is 0.259 e. The highest BCUT2D eigenvalue weighted by Gasteiger charge is 2.12. The number of benzene rings is 2. The van der Waals surface area contributed by atoms with Crippen molar-refractivity contribution in [3.8, 4) is 5.75 Å². The number of amides is 1. The van der Waals surface area contributed by atoms with Crippen molar-refractivity contribution in [2.75, 3.05) is 18.7 Å². The summed E-state index contributed by atoms with van der Waals surface area (Å²) in [5.74, 6) is 0.303. The Labute approximate surface area is 118 Å². The summed E-state index contributed by atoms with van der Waals surface area (Å²) < 4.78 is 10.6. The SMILES string of the molecule is CCOCOc1ccccc1C(=O)Nc1ccccc1. The van der Waals surface area contributed by atoms with Gasteiger partial charge in [0.1, 0.15) is 5.75 Å². The van der Waals surface area contributed by atoms with Gasteiger partial charge in [-0.05, 0) is 31.2 Å². The molecule has 0 heterocycles. The van der Waals surface area contributed by atoms with Gasteiger partial charge in [-0.2, -0.15) is 0 Å². The summed E-state index contributed by atoms with van der Waals surface area (Å²) >= 11 is 0. The average Bonchev–Trinajstić information content (AvgIpc) is 2.49. The van der Waals surface area contributed by atoms with Crippen LogP contribution in [-0.2, 0) is 4.74 Å². The Balaban J connectivity index is 2.09. The van der Waals surface area contributed by atoms with Crippen LogP contribution in [0.15, 0.2) is 54.6 Å². The molecule has 0 bridgehead atoms. The molecular formula is C16H17NO3. The molecule has 104 valence electrons. The van der Waals surface area contributed by atoms with E-state index >= 15 is 0 Å². The van der Waals surface area contributed by atoms with E-state index in [1.807, 2.05) is 43.3 Å². The third-order valence-electron chi connectivity index (χ3n) is 2.67. The fourth-order valence-electron chi connectivity index (χ4n) is 1.69. The van der Waals surface area contributed by atoms with Crippen LogP contribution in [0, 0.1) is 0 Å². The molecule has 0 aliphatic heterocycles. The van der Waals surface area contributed by atoms with Crippen molar-refractivity contribution in [3.63, 3.8) is 0 Å². The monoisotopic (exact) mass is 271 g/mol. The van der Waals surface area contributed by atoms with Crippen LogP contribution < -0.4 is 10.1 Å². The van der Waals surface area contributed by atoms with Crippen LogP contribution in [-0.4, -0.2) is 19.3 Å². The van der Waals surface area contributed by atoms with Gasteiger partial charge < -0.3 is 14.8 Å². The van der Waals surface area contributed by atoms with Gasteiger partial charge in [0.15, 0.2) is 6.79 Å². The van der Waals surface area contributed by atoms with Crippen molar-refractivity contribution in [3.05, 3.63) is 60.2 Å². The molecule has 0 unspecified atom stereocenters. The van der Waals surface area contributed by atoms with Crippen LogP contribution in [0.25, 0.3) is 0 Å². The minimum atomic E-state index is -0.205. The average molecular weight is 271 g/mol. The maximum atomic E-state index is 12.2. The summed E-state index contributed by atoms with van der Waals surface area (Å²) in [6, 6.07) is 16.4. The van der Waals surface area contributed by atoms with Crippen LogP contribution in [0.4, 0.5) is 5.69 Å². The van der Waals surface area contributed by atoms with Gasteiger partial charge in [0.05, 0.1) is 5.56 Å². The fraction of sp³-hybridized carbons (Fsp3) is 0.188. The van der Waals surface area contributed by atoms with Crippen LogP contribution in [0.2, 0.25) is 0 Å². The Bertz CT molecular complexity index is 555. The number of nitrogens with one attached hydrogen (secondary N) is 1. The van der Waals surface area contributed by atoms with Crippen molar-refractivity contribution in [1.29, 1.82) is 0 Å². The Hall–Kier alpha value is -2.33. The van der Waals surface area contributed by atoms with E-state index in [2.05, 4.69) is 5.32 Å². The number of carbonyl (C=O) groups excluding carboxylic acids is 1. The fourth-order valence-corrected chi connectivity index (χ4v) is 1.69.